The monoisotopic (exact) mass is 301 g/mol. The second-order valence-electron chi connectivity index (χ2n) is 6.63. The minimum atomic E-state index is -3.38. The molecule has 1 aliphatic heterocycles. The van der Waals surface area contributed by atoms with E-state index in [4.69, 9.17) is 4.74 Å². The van der Waals surface area contributed by atoms with Crippen molar-refractivity contribution >= 4 is 16.0 Å². The molecule has 2 atom stereocenters. The van der Waals surface area contributed by atoms with Crippen molar-refractivity contribution in [2.45, 2.75) is 51.7 Å². The Bertz CT molecular complexity index is 518. The summed E-state index contributed by atoms with van der Waals surface area (Å²) in [5, 5.41) is 0. The summed E-state index contributed by atoms with van der Waals surface area (Å²) in [4.78, 5) is 11.9. The number of fused-ring (bicyclic) bond motifs is 1. The third kappa shape index (κ3) is 3.23. The van der Waals surface area contributed by atoms with Gasteiger partial charge in [-0.05, 0) is 40.0 Å². The molecule has 6 heteroatoms. The fraction of sp³-hybridized carbons (Fsp3) is 0.786. The number of carbonyl (C=O) groups is 1. The number of ether oxygens (including phenoxy) is 1. The largest absolute Gasteiger partial charge is 0.459 e. The zero-order valence-corrected chi connectivity index (χ0v) is 13.2. The van der Waals surface area contributed by atoms with Crippen LogP contribution in [-0.4, -0.2) is 42.6 Å². The van der Waals surface area contributed by atoms with E-state index >= 15 is 0 Å². The molecule has 2 fully saturated rings. The summed E-state index contributed by atoms with van der Waals surface area (Å²) in [5.41, 5.74) is 0.396. The first-order valence-electron chi connectivity index (χ1n) is 6.99. The number of sulfonamides is 1. The molecule has 0 spiro atoms. The van der Waals surface area contributed by atoms with Crippen molar-refractivity contribution in [2.24, 2.45) is 5.92 Å². The first-order chi connectivity index (χ1) is 9.10. The molecule has 0 aromatic heterocycles. The average Bonchev–Trinajstić information content (AvgIpc) is 2.50. The summed E-state index contributed by atoms with van der Waals surface area (Å²) in [7, 11) is -3.38. The summed E-state index contributed by atoms with van der Waals surface area (Å²) in [5.74, 6) is -0.437. The Labute approximate surface area is 121 Å². The van der Waals surface area contributed by atoms with Crippen molar-refractivity contribution in [2.75, 3.05) is 12.3 Å². The van der Waals surface area contributed by atoms with Gasteiger partial charge >= 0.3 is 5.97 Å². The van der Waals surface area contributed by atoms with Gasteiger partial charge in [-0.3, -0.25) is 4.79 Å². The second-order valence-corrected chi connectivity index (χ2v) is 8.60. The van der Waals surface area contributed by atoms with Gasteiger partial charge in [-0.2, -0.15) is 4.31 Å². The molecule has 0 aromatic rings. The Kier molecular flexibility index (Phi) is 3.99. The van der Waals surface area contributed by atoms with Gasteiger partial charge in [0.15, 0.2) is 0 Å². The minimum Gasteiger partial charge on any atom is -0.459 e. The van der Waals surface area contributed by atoms with Gasteiger partial charge in [0.1, 0.15) is 12.1 Å². The van der Waals surface area contributed by atoms with Crippen LogP contribution in [0.4, 0.5) is 0 Å². The van der Waals surface area contributed by atoms with Crippen LogP contribution in [0, 0.1) is 5.92 Å². The predicted molar refractivity (Wildman–Crippen MR) is 76.6 cm³/mol. The van der Waals surface area contributed by atoms with Gasteiger partial charge in [0, 0.05) is 12.0 Å². The third-order valence-corrected chi connectivity index (χ3v) is 5.70. The molecule has 1 saturated heterocycles. The number of hydrogen-bond donors (Lipinski definition) is 0. The van der Waals surface area contributed by atoms with Crippen molar-refractivity contribution in [1.29, 1.82) is 0 Å². The first kappa shape index (κ1) is 15.5. The van der Waals surface area contributed by atoms with Crippen molar-refractivity contribution in [1.82, 2.24) is 4.31 Å². The maximum atomic E-state index is 12.3. The van der Waals surface area contributed by atoms with Crippen LogP contribution >= 0.6 is 0 Å². The van der Waals surface area contributed by atoms with E-state index in [1.807, 2.05) is 0 Å². The Morgan fingerprint density at radius 2 is 2.10 bits per heavy atom. The van der Waals surface area contributed by atoms with Gasteiger partial charge in [-0.15, -0.1) is 0 Å². The molecule has 20 heavy (non-hydrogen) atoms. The molecule has 1 saturated carbocycles. The quantitative estimate of drug-likeness (QED) is 0.575. The molecule has 2 aliphatic rings. The maximum Gasteiger partial charge on any atom is 0.321 e. The zero-order chi connectivity index (χ0) is 15.1. The predicted octanol–water partition coefficient (Wildman–Crippen LogP) is 1.70. The van der Waals surface area contributed by atoms with E-state index in [0.29, 0.717) is 0 Å². The molecule has 5 nitrogen and oxygen atoms in total. The van der Waals surface area contributed by atoms with Crippen LogP contribution in [0.3, 0.4) is 0 Å². The Balaban J connectivity index is 2.13. The molecule has 1 heterocycles. The molecule has 0 aromatic carbocycles. The number of carbonyl (C=O) groups excluding carboxylic acids is 1. The lowest BCUT2D eigenvalue weighted by atomic mass is 9.82. The maximum absolute atomic E-state index is 12.3. The Morgan fingerprint density at radius 3 is 2.70 bits per heavy atom. The minimum absolute atomic E-state index is 0.0313. The molecule has 1 aliphatic carbocycles. The van der Waals surface area contributed by atoms with Crippen LogP contribution in [-0.2, 0) is 19.6 Å². The molecule has 0 N–H and O–H groups in total. The van der Waals surface area contributed by atoms with Gasteiger partial charge in [0.05, 0.1) is 5.75 Å². The fourth-order valence-electron chi connectivity index (χ4n) is 3.02. The molecular formula is C14H23NO4S. The Morgan fingerprint density at radius 1 is 1.45 bits per heavy atom. The standard InChI is InChI=1S/C14H23NO4S/c1-10-6-5-7-12-11(10)9-20(17,18)15(12)8-13(16)19-14(2,3)4/h11-12H,1,5-9H2,2-4H3. The molecule has 2 rings (SSSR count). The van der Waals surface area contributed by atoms with Gasteiger partial charge in [0.25, 0.3) is 0 Å². The smallest absolute Gasteiger partial charge is 0.321 e. The highest BCUT2D eigenvalue weighted by Gasteiger charge is 2.48. The molecule has 2 unspecified atom stereocenters. The number of nitrogens with zero attached hydrogens (tertiary/aromatic N) is 1. The van der Waals surface area contributed by atoms with E-state index < -0.39 is 21.6 Å². The van der Waals surface area contributed by atoms with Crippen molar-refractivity contribution in [3.8, 4) is 0 Å². The Hall–Kier alpha value is -0.880. The second kappa shape index (κ2) is 5.15. The summed E-state index contributed by atoms with van der Waals surface area (Å²) >= 11 is 0. The number of esters is 1. The van der Waals surface area contributed by atoms with Crippen LogP contribution in [0.2, 0.25) is 0 Å². The lowest BCUT2D eigenvalue weighted by molar-refractivity contribution is -0.155. The van der Waals surface area contributed by atoms with E-state index in [-0.39, 0.29) is 24.3 Å². The van der Waals surface area contributed by atoms with Crippen molar-refractivity contribution < 1.29 is 17.9 Å². The summed E-state index contributed by atoms with van der Waals surface area (Å²) in [6.07, 6.45) is 2.61. The van der Waals surface area contributed by atoms with E-state index in [0.717, 1.165) is 24.8 Å². The third-order valence-electron chi connectivity index (χ3n) is 3.81. The van der Waals surface area contributed by atoms with Gasteiger partial charge in [0.2, 0.25) is 10.0 Å². The average molecular weight is 301 g/mol. The van der Waals surface area contributed by atoms with E-state index in [9.17, 15) is 13.2 Å². The highest BCUT2D eigenvalue weighted by molar-refractivity contribution is 7.89. The van der Waals surface area contributed by atoms with Gasteiger partial charge < -0.3 is 4.74 Å². The molecule has 0 amide bonds. The van der Waals surface area contributed by atoms with Crippen molar-refractivity contribution in [3.63, 3.8) is 0 Å². The SMILES string of the molecule is C=C1CCCC2C1CS(=O)(=O)N2CC(=O)OC(C)(C)C. The molecule has 0 radical (unpaired) electrons. The normalized spacial score (nSPS) is 30.1. The zero-order valence-electron chi connectivity index (χ0n) is 12.4. The first-order valence-corrected chi connectivity index (χ1v) is 8.60. The highest BCUT2D eigenvalue weighted by atomic mass is 32.2. The van der Waals surface area contributed by atoms with Crippen LogP contribution in [0.25, 0.3) is 0 Å². The highest BCUT2D eigenvalue weighted by Crippen LogP contribution is 2.39. The molecular weight excluding hydrogens is 278 g/mol. The van der Waals surface area contributed by atoms with Crippen LogP contribution in [0.1, 0.15) is 40.0 Å². The fourth-order valence-corrected chi connectivity index (χ4v) is 5.09. The van der Waals surface area contributed by atoms with E-state index in [1.54, 1.807) is 20.8 Å². The van der Waals surface area contributed by atoms with Gasteiger partial charge in [-0.25, -0.2) is 8.42 Å². The summed E-state index contributed by atoms with van der Waals surface area (Å²) in [6.45, 7) is 9.12. The van der Waals surface area contributed by atoms with Gasteiger partial charge in [-0.1, -0.05) is 12.2 Å². The molecule has 114 valence electrons. The number of rotatable bonds is 2. The topological polar surface area (TPSA) is 63.7 Å². The van der Waals surface area contributed by atoms with Crippen LogP contribution in [0.5, 0.6) is 0 Å². The van der Waals surface area contributed by atoms with E-state index in [2.05, 4.69) is 6.58 Å². The summed E-state index contributed by atoms with van der Waals surface area (Å²) < 4.78 is 31.1. The lowest BCUT2D eigenvalue weighted by Crippen LogP contribution is -2.42. The summed E-state index contributed by atoms with van der Waals surface area (Å²) in [6, 6.07) is -0.117. The van der Waals surface area contributed by atoms with Crippen LogP contribution in [0.15, 0.2) is 12.2 Å². The number of hydrogen-bond acceptors (Lipinski definition) is 4. The molecule has 0 bridgehead atoms. The van der Waals surface area contributed by atoms with E-state index in [1.165, 1.54) is 4.31 Å². The lowest BCUT2D eigenvalue weighted by Gasteiger charge is -2.31. The van der Waals surface area contributed by atoms with Crippen molar-refractivity contribution in [3.05, 3.63) is 12.2 Å². The van der Waals surface area contributed by atoms with Crippen LogP contribution < -0.4 is 0 Å².